The number of nitrogens with zero attached hydrogens (tertiary/aromatic N) is 2. The predicted octanol–water partition coefficient (Wildman–Crippen LogP) is 5.36. The molecule has 0 aromatic heterocycles. The molecule has 0 radical (unpaired) electrons. The van der Waals surface area contributed by atoms with Crippen LogP contribution in [0.3, 0.4) is 0 Å². The zero-order chi connectivity index (χ0) is 33.7. The zero-order valence-electron chi connectivity index (χ0n) is 27.2. The molecule has 5 rings (SSSR count). The molecule has 3 amide bonds. The molecule has 48 heavy (non-hydrogen) atoms. The van der Waals surface area contributed by atoms with Crippen LogP contribution in [0.15, 0.2) is 103 Å². The predicted molar refractivity (Wildman–Crippen MR) is 187 cm³/mol. The summed E-state index contributed by atoms with van der Waals surface area (Å²) >= 11 is 0. The number of phenols is 1. The van der Waals surface area contributed by atoms with Crippen molar-refractivity contribution in [3.63, 3.8) is 0 Å². The highest BCUT2D eigenvalue weighted by molar-refractivity contribution is 5.99. The van der Waals surface area contributed by atoms with Crippen LogP contribution >= 0.6 is 0 Å². The summed E-state index contributed by atoms with van der Waals surface area (Å²) in [6, 6.07) is 31.4. The number of likely N-dealkylation sites (N-methyl/N-ethyl adjacent to an activating group) is 1. The number of para-hydroxylation sites is 1. The fraction of sp³-hybridized carbons (Fsp3) is 0.289. The molecule has 0 aliphatic carbocycles. The highest BCUT2D eigenvalue weighted by Gasteiger charge is 2.23. The Morgan fingerprint density at radius 2 is 1.58 bits per heavy atom. The Morgan fingerprint density at radius 3 is 2.38 bits per heavy atom. The lowest BCUT2D eigenvalue weighted by Gasteiger charge is -2.32. The van der Waals surface area contributed by atoms with Gasteiger partial charge in [0.2, 0.25) is 0 Å². The van der Waals surface area contributed by atoms with E-state index in [2.05, 4.69) is 20.9 Å². The van der Waals surface area contributed by atoms with Gasteiger partial charge in [0.1, 0.15) is 11.9 Å². The summed E-state index contributed by atoms with van der Waals surface area (Å²) in [5.74, 6) is -0.174. The Hall–Kier alpha value is -5.19. The molecular weight excluding hydrogens is 606 g/mol. The fourth-order valence-corrected chi connectivity index (χ4v) is 5.68. The summed E-state index contributed by atoms with van der Waals surface area (Å²) in [4.78, 5) is 42.6. The van der Waals surface area contributed by atoms with Crippen LogP contribution in [-0.4, -0.2) is 85.2 Å². The highest BCUT2D eigenvalue weighted by atomic mass is 16.6. The molecule has 0 bridgehead atoms. The lowest BCUT2D eigenvalue weighted by atomic mass is 10.0. The lowest BCUT2D eigenvalue weighted by Crippen LogP contribution is -2.42. The van der Waals surface area contributed by atoms with Crippen LogP contribution in [0, 0.1) is 0 Å². The smallest absolute Gasteiger partial charge is 0.411 e. The van der Waals surface area contributed by atoms with Gasteiger partial charge in [-0.2, -0.15) is 0 Å². The van der Waals surface area contributed by atoms with Gasteiger partial charge in [-0.3, -0.25) is 14.9 Å². The topological polar surface area (TPSA) is 123 Å². The van der Waals surface area contributed by atoms with E-state index in [1.54, 1.807) is 54.4 Å². The number of phenolic OH excluding ortho intramolecular Hbond substituents is 1. The minimum absolute atomic E-state index is 0.150. The number of benzene rings is 4. The first-order valence-corrected chi connectivity index (χ1v) is 16.3. The first-order chi connectivity index (χ1) is 23.4. The van der Waals surface area contributed by atoms with Gasteiger partial charge >= 0.3 is 6.09 Å². The maximum absolute atomic E-state index is 13.2. The van der Waals surface area contributed by atoms with E-state index >= 15 is 0 Å². The third-order valence-electron chi connectivity index (χ3n) is 8.35. The molecule has 0 atom stereocenters. The number of carbonyl (C=O) groups excluding carboxylic acids is 3. The number of rotatable bonds is 13. The highest BCUT2D eigenvalue weighted by Crippen LogP contribution is 2.28. The van der Waals surface area contributed by atoms with Gasteiger partial charge in [0.05, 0.1) is 5.69 Å². The third-order valence-corrected chi connectivity index (χ3v) is 8.35. The second-order valence-corrected chi connectivity index (χ2v) is 11.9. The summed E-state index contributed by atoms with van der Waals surface area (Å²) in [7, 11) is 1.76. The van der Waals surface area contributed by atoms with E-state index in [0.717, 1.165) is 29.8 Å². The summed E-state index contributed by atoms with van der Waals surface area (Å²) in [5, 5.41) is 18.6. The molecule has 1 saturated heterocycles. The van der Waals surface area contributed by atoms with Gasteiger partial charge in [0.25, 0.3) is 11.8 Å². The maximum Gasteiger partial charge on any atom is 0.411 e. The van der Waals surface area contributed by atoms with Crippen molar-refractivity contribution < 1.29 is 24.2 Å². The van der Waals surface area contributed by atoms with Crippen LogP contribution in [0.1, 0.15) is 39.1 Å². The Bertz CT molecular complexity index is 1670. The Balaban J connectivity index is 1.00. The number of anilines is 1. The quantitative estimate of drug-likeness (QED) is 0.144. The van der Waals surface area contributed by atoms with Gasteiger partial charge in [-0.25, -0.2) is 4.79 Å². The van der Waals surface area contributed by atoms with Crippen molar-refractivity contribution >= 4 is 23.6 Å². The first kappa shape index (κ1) is 34.2. The number of hydrogen-bond acceptors (Lipinski definition) is 7. The zero-order valence-corrected chi connectivity index (χ0v) is 27.2. The standard InChI is InChI=1S/C38H43N5O5/c1-42(37(46)31-13-8-12-30(26-31)36(45)40-20-19-39-27-28-9-7-14-32(44)25-28)23-24-43-21-17-33(18-22-43)48-38(47)41-35-16-6-5-15-34(35)29-10-3-2-4-11-29/h2-16,25-26,33,39,44H,17-24,27H2,1H3,(H,40,45)(H,41,47). The largest absolute Gasteiger partial charge is 0.508 e. The summed E-state index contributed by atoms with van der Waals surface area (Å²) in [6.45, 7) is 4.31. The molecule has 1 fully saturated rings. The SMILES string of the molecule is CN(CCN1CCC(OC(=O)Nc2ccccc2-c2ccccc2)CC1)C(=O)c1cccc(C(=O)NCCNCc2cccc(O)c2)c1. The van der Waals surface area contributed by atoms with E-state index in [4.69, 9.17) is 4.74 Å². The number of piperidine rings is 1. The van der Waals surface area contributed by atoms with Gasteiger partial charge in [0, 0.05) is 69.6 Å². The van der Waals surface area contributed by atoms with Gasteiger partial charge in [-0.15, -0.1) is 0 Å². The summed E-state index contributed by atoms with van der Waals surface area (Å²) in [5.41, 5.74) is 4.50. The van der Waals surface area contributed by atoms with Crippen LogP contribution in [0.2, 0.25) is 0 Å². The molecule has 4 aromatic rings. The molecule has 1 aliphatic heterocycles. The maximum atomic E-state index is 13.2. The second kappa shape index (κ2) is 17.1. The van der Waals surface area contributed by atoms with E-state index in [0.29, 0.717) is 62.4 Å². The number of amides is 3. The molecule has 4 N–H and O–H groups in total. The van der Waals surface area contributed by atoms with Gasteiger partial charge in [0.15, 0.2) is 0 Å². The van der Waals surface area contributed by atoms with Crippen molar-refractivity contribution in [1.29, 1.82) is 0 Å². The number of likely N-dealkylation sites (tertiary alicyclic amines) is 1. The summed E-state index contributed by atoms with van der Waals surface area (Å²) < 4.78 is 5.76. The van der Waals surface area contributed by atoms with Crippen molar-refractivity contribution in [2.45, 2.75) is 25.5 Å². The van der Waals surface area contributed by atoms with Crippen LogP contribution in [0.5, 0.6) is 5.75 Å². The Kier molecular flexibility index (Phi) is 12.2. The van der Waals surface area contributed by atoms with Crippen molar-refractivity contribution in [1.82, 2.24) is 20.4 Å². The molecule has 10 heteroatoms. The molecule has 0 saturated carbocycles. The lowest BCUT2D eigenvalue weighted by molar-refractivity contribution is 0.0540. The number of aromatic hydroxyl groups is 1. The summed E-state index contributed by atoms with van der Waals surface area (Å²) in [6.07, 6.45) is 0.800. The minimum atomic E-state index is -0.459. The fourth-order valence-electron chi connectivity index (χ4n) is 5.68. The molecule has 10 nitrogen and oxygen atoms in total. The van der Waals surface area contributed by atoms with E-state index in [9.17, 15) is 19.5 Å². The Labute approximate surface area is 281 Å². The normalized spacial score (nSPS) is 13.4. The van der Waals surface area contributed by atoms with Crippen LogP contribution < -0.4 is 16.0 Å². The molecular formula is C38H43N5O5. The molecule has 4 aromatic carbocycles. The van der Waals surface area contributed by atoms with E-state index in [1.807, 2.05) is 60.7 Å². The van der Waals surface area contributed by atoms with E-state index in [-0.39, 0.29) is 23.7 Å². The molecule has 1 aliphatic rings. The van der Waals surface area contributed by atoms with E-state index in [1.165, 1.54) is 0 Å². The van der Waals surface area contributed by atoms with Crippen molar-refractivity contribution in [2.24, 2.45) is 0 Å². The molecule has 0 spiro atoms. The van der Waals surface area contributed by atoms with Crippen LogP contribution in [0.25, 0.3) is 11.1 Å². The number of ether oxygens (including phenoxy) is 1. The minimum Gasteiger partial charge on any atom is -0.508 e. The average molecular weight is 650 g/mol. The second-order valence-electron chi connectivity index (χ2n) is 11.9. The van der Waals surface area contributed by atoms with Crippen LogP contribution in [-0.2, 0) is 11.3 Å². The Morgan fingerprint density at radius 1 is 0.854 bits per heavy atom. The number of carbonyl (C=O) groups is 3. The number of hydrogen-bond donors (Lipinski definition) is 4. The average Bonchev–Trinajstić information content (AvgIpc) is 3.11. The van der Waals surface area contributed by atoms with Gasteiger partial charge in [-0.05, 0) is 60.4 Å². The van der Waals surface area contributed by atoms with Crippen molar-refractivity contribution in [3.05, 3.63) is 120 Å². The van der Waals surface area contributed by atoms with Crippen LogP contribution in [0.4, 0.5) is 10.5 Å². The number of nitrogens with one attached hydrogen (secondary N) is 3. The van der Waals surface area contributed by atoms with Crippen molar-refractivity contribution in [2.75, 3.05) is 51.6 Å². The molecule has 250 valence electrons. The van der Waals surface area contributed by atoms with Gasteiger partial charge < -0.3 is 30.3 Å². The monoisotopic (exact) mass is 649 g/mol. The molecule has 1 heterocycles. The molecule has 0 unspecified atom stereocenters. The van der Waals surface area contributed by atoms with Crippen molar-refractivity contribution in [3.8, 4) is 16.9 Å². The first-order valence-electron chi connectivity index (χ1n) is 16.3. The third kappa shape index (κ3) is 9.90. The van der Waals surface area contributed by atoms with Gasteiger partial charge in [-0.1, -0.05) is 66.7 Å². The van der Waals surface area contributed by atoms with E-state index < -0.39 is 6.09 Å².